The lowest BCUT2D eigenvalue weighted by Gasteiger charge is -2.10. The third-order valence-electron chi connectivity index (χ3n) is 2.54. The second-order valence-electron chi connectivity index (χ2n) is 3.50. The monoisotopic (exact) mass is 186 g/mol. The van der Waals surface area contributed by atoms with Crippen molar-refractivity contribution in [2.24, 2.45) is 0 Å². The number of hydrogen-bond acceptors (Lipinski definition) is 2. The van der Waals surface area contributed by atoms with Gasteiger partial charge in [0, 0.05) is 12.6 Å². The molecule has 0 saturated heterocycles. The average Bonchev–Trinajstić information content (AvgIpc) is 2.56. The first-order chi connectivity index (χ1) is 6.84. The topological polar surface area (TPSA) is 37.5 Å². The van der Waals surface area contributed by atoms with Crippen molar-refractivity contribution in [1.29, 1.82) is 0 Å². The summed E-state index contributed by atoms with van der Waals surface area (Å²) in [5.41, 5.74) is 3.01. The van der Waals surface area contributed by atoms with Gasteiger partial charge in [-0.3, -0.25) is 0 Å². The van der Waals surface area contributed by atoms with Crippen LogP contribution in [-0.4, -0.2) is 20.6 Å². The highest BCUT2D eigenvalue weighted by Crippen LogP contribution is 2.20. The van der Waals surface area contributed by atoms with Gasteiger partial charge in [-0.05, 0) is 18.2 Å². The number of rotatable bonds is 0. The summed E-state index contributed by atoms with van der Waals surface area (Å²) in [4.78, 5) is 4.45. The summed E-state index contributed by atoms with van der Waals surface area (Å²) in [7, 11) is 0. The maximum absolute atomic E-state index is 9.51. The molecule has 0 aliphatic heterocycles. The molecule has 3 rings (SSSR count). The number of nitrogens with zero attached hydrogens (tertiary/aromatic N) is 2. The molecule has 2 aromatic heterocycles. The average molecular weight is 186 g/mol. The summed E-state index contributed by atoms with van der Waals surface area (Å²) >= 11 is 0. The molecule has 1 aliphatic carbocycles. The Bertz CT molecular complexity index is 513. The highest BCUT2D eigenvalue weighted by Gasteiger charge is 2.16. The van der Waals surface area contributed by atoms with E-state index in [1.807, 2.05) is 34.9 Å². The maximum Gasteiger partial charge on any atom is 0.137 e. The lowest BCUT2D eigenvalue weighted by molar-refractivity contribution is 0.221. The van der Waals surface area contributed by atoms with Crippen molar-refractivity contribution in [1.82, 2.24) is 9.38 Å². The zero-order valence-corrected chi connectivity index (χ0v) is 7.59. The molecule has 0 spiro atoms. The fourth-order valence-corrected chi connectivity index (χ4v) is 1.87. The number of imidazole rings is 1. The molecular weight excluding hydrogens is 176 g/mol. The van der Waals surface area contributed by atoms with Gasteiger partial charge >= 0.3 is 0 Å². The quantitative estimate of drug-likeness (QED) is 0.672. The number of fused-ring (bicyclic) bond motifs is 3. The molecule has 0 bridgehead atoms. The summed E-state index contributed by atoms with van der Waals surface area (Å²) in [5, 5.41) is 9.51. The number of aliphatic hydroxyl groups is 1. The molecule has 1 unspecified atom stereocenters. The van der Waals surface area contributed by atoms with Crippen molar-refractivity contribution >= 4 is 11.7 Å². The van der Waals surface area contributed by atoms with Gasteiger partial charge in [0.25, 0.3) is 0 Å². The number of aliphatic hydroxyl groups excluding tert-OH is 1. The smallest absolute Gasteiger partial charge is 0.137 e. The van der Waals surface area contributed by atoms with E-state index in [4.69, 9.17) is 0 Å². The minimum atomic E-state index is -0.373. The highest BCUT2D eigenvalue weighted by molar-refractivity contribution is 5.58. The van der Waals surface area contributed by atoms with Crippen LogP contribution in [0.1, 0.15) is 11.4 Å². The third kappa shape index (κ3) is 0.992. The van der Waals surface area contributed by atoms with Gasteiger partial charge in [-0.1, -0.05) is 12.1 Å². The molecule has 0 aromatic carbocycles. The summed E-state index contributed by atoms with van der Waals surface area (Å²) < 4.78 is 2.03. The molecule has 2 aromatic rings. The summed E-state index contributed by atoms with van der Waals surface area (Å²) in [6, 6.07) is 5.91. The molecule has 0 radical (unpaired) electrons. The first-order valence-corrected chi connectivity index (χ1v) is 4.67. The van der Waals surface area contributed by atoms with E-state index in [1.54, 1.807) is 6.08 Å². The first-order valence-electron chi connectivity index (χ1n) is 4.67. The van der Waals surface area contributed by atoms with Crippen molar-refractivity contribution < 1.29 is 5.11 Å². The fraction of sp³-hybridized carbons (Fsp3) is 0.182. The van der Waals surface area contributed by atoms with E-state index in [-0.39, 0.29) is 6.10 Å². The van der Waals surface area contributed by atoms with Crippen LogP contribution in [0.15, 0.2) is 30.5 Å². The van der Waals surface area contributed by atoms with Crippen LogP contribution in [0, 0.1) is 0 Å². The van der Waals surface area contributed by atoms with E-state index in [2.05, 4.69) is 4.98 Å². The van der Waals surface area contributed by atoms with Crippen LogP contribution in [0.25, 0.3) is 11.7 Å². The summed E-state index contributed by atoms with van der Waals surface area (Å²) in [6.07, 6.45) is 5.93. The second-order valence-corrected chi connectivity index (χ2v) is 3.50. The van der Waals surface area contributed by atoms with Crippen LogP contribution in [0.4, 0.5) is 0 Å². The van der Waals surface area contributed by atoms with E-state index >= 15 is 0 Å². The maximum atomic E-state index is 9.51. The van der Waals surface area contributed by atoms with Crippen molar-refractivity contribution in [3.05, 3.63) is 41.9 Å². The van der Waals surface area contributed by atoms with E-state index in [0.29, 0.717) is 6.42 Å². The molecule has 0 saturated carbocycles. The van der Waals surface area contributed by atoms with Gasteiger partial charge in [-0.2, -0.15) is 0 Å². The molecule has 3 heteroatoms. The number of aromatic nitrogens is 2. The molecule has 70 valence electrons. The predicted octanol–water partition coefficient (Wildman–Crippen LogP) is 1.26. The molecule has 3 nitrogen and oxygen atoms in total. The Hall–Kier alpha value is -1.61. The first kappa shape index (κ1) is 7.76. The van der Waals surface area contributed by atoms with Crippen molar-refractivity contribution in [3.8, 4) is 0 Å². The minimum absolute atomic E-state index is 0.373. The van der Waals surface area contributed by atoms with Crippen LogP contribution in [0.5, 0.6) is 0 Å². The lowest BCUT2D eigenvalue weighted by Crippen LogP contribution is -2.12. The Morgan fingerprint density at radius 1 is 1.43 bits per heavy atom. The predicted molar refractivity (Wildman–Crippen MR) is 53.9 cm³/mol. The Kier molecular flexibility index (Phi) is 1.49. The minimum Gasteiger partial charge on any atom is -0.389 e. The van der Waals surface area contributed by atoms with Crippen molar-refractivity contribution in [2.45, 2.75) is 12.5 Å². The van der Waals surface area contributed by atoms with E-state index < -0.39 is 0 Å². The fourth-order valence-electron chi connectivity index (χ4n) is 1.87. The molecule has 2 heterocycles. The zero-order chi connectivity index (χ0) is 9.54. The molecule has 0 amide bonds. The van der Waals surface area contributed by atoms with Crippen molar-refractivity contribution in [2.75, 3.05) is 0 Å². The van der Waals surface area contributed by atoms with E-state index in [9.17, 15) is 5.11 Å². The third-order valence-corrected chi connectivity index (χ3v) is 2.54. The van der Waals surface area contributed by atoms with Gasteiger partial charge < -0.3 is 9.51 Å². The molecule has 0 fully saturated rings. The van der Waals surface area contributed by atoms with Gasteiger partial charge in [0.15, 0.2) is 0 Å². The molecule has 1 atom stereocenters. The Labute approximate surface area is 81.3 Å². The Balaban J connectivity index is 2.32. The van der Waals surface area contributed by atoms with Crippen LogP contribution < -0.4 is 0 Å². The van der Waals surface area contributed by atoms with Gasteiger partial charge in [-0.15, -0.1) is 0 Å². The van der Waals surface area contributed by atoms with Crippen LogP contribution in [0.2, 0.25) is 0 Å². The Morgan fingerprint density at radius 3 is 3.29 bits per heavy atom. The molecule has 14 heavy (non-hydrogen) atoms. The van der Waals surface area contributed by atoms with Crippen molar-refractivity contribution in [3.63, 3.8) is 0 Å². The number of pyridine rings is 1. The normalized spacial score (nSPS) is 19.9. The van der Waals surface area contributed by atoms with E-state index in [1.165, 1.54) is 0 Å². The van der Waals surface area contributed by atoms with E-state index in [0.717, 1.165) is 17.0 Å². The second kappa shape index (κ2) is 2.69. The standard InChI is InChI=1S/C11H10N2O/c14-8-4-5-9-10(7-8)13-6-2-1-3-11(13)12-9/h1-6,8,14H,7H2. The van der Waals surface area contributed by atoms with Crippen LogP contribution >= 0.6 is 0 Å². The van der Waals surface area contributed by atoms with Gasteiger partial charge in [0.05, 0.1) is 17.5 Å². The van der Waals surface area contributed by atoms with Gasteiger partial charge in [0.1, 0.15) is 5.65 Å². The van der Waals surface area contributed by atoms with Gasteiger partial charge in [-0.25, -0.2) is 4.98 Å². The zero-order valence-electron chi connectivity index (χ0n) is 7.59. The molecular formula is C11H10N2O. The SMILES string of the molecule is OC1C=Cc2nc3ccccn3c2C1. The van der Waals surface area contributed by atoms with Crippen LogP contribution in [0.3, 0.4) is 0 Å². The number of hydrogen-bond donors (Lipinski definition) is 1. The van der Waals surface area contributed by atoms with Gasteiger partial charge in [0.2, 0.25) is 0 Å². The summed E-state index contributed by atoms with van der Waals surface area (Å²) in [6.45, 7) is 0. The Morgan fingerprint density at radius 2 is 2.36 bits per heavy atom. The van der Waals surface area contributed by atoms with Crippen LogP contribution in [-0.2, 0) is 6.42 Å². The largest absolute Gasteiger partial charge is 0.389 e. The molecule has 1 aliphatic rings. The lowest BCUT2D eigenvalue weighted by atomic mass is 10.1. The summed E-state index contributed by atoms with van der Waals surface area (Å²) in [5.74, 6) is 0. The highest BCUT2D eigenvalue weighted by atomic mass is 16.3. The molecule has 1 N–H and O–H groups in total.